The first-order chi connectivity index (χ1) is 15.2. The van der Waals surface area contributed by atoms with Crippen LogP contribution in [0.5, 0.6) is 0 Å². The van der Waals surface area contributed by atoms with Crippen molar-refractivity contribution in [1.29, 1.82) is 0 Å². The highest BCUT2D eigenvalue weighted by atomic mass is 19.4. The molecule has 0 saturated heterocycles. The Bertz CT molecular complexity index is 1360. The second-order valence-electron chi connectivity index (χ2n) is 7.77. The number of halogens is 3. The van der Waals surface area contributed by atoms with Gasteiger partial charge in [0.1, 0.15) is 0 Å². The van der Waals surface area contributed by atoms with E-state index in [4.69, 9.17) is 0 Å². The van der Waals surface area contributed by atoms with Crippen molar-refractivity contribution in [2.75, 3.05) is 6.54 Å². The van der Waals surface area contributed by atoms with Crippen LogP contribution in [-0.4, -0.2) is 51.7 Å². The maximum Gasteiger partial charge on any atom is 0.433 e. The summed E-state index contributed by atoms with van der Waals surface area (Å²) in [7, 11) is 4.62. The van der Waals surface area contributed by atoms with Crippen molar-refractivity contribution in [3.05, 3.63) is 47.2 Å². The number of nitrogens with zero attached hydrogens (tertiary/aromatic N) is 8. The van der Waals surface area contributed by atoms with Gasteiger partial charge in [-0.15, -0.1) is 0 Å². The quantitative estimate of drug-likeness (QED) is 0.474. The topological polar surface area (TPSA) is 86.7 Å². The van der Waals surface area contributed by atoms with Gasteiger partial charge in [-0.1, -0.05) is 0 Å². The second kappa shape index (κ2) is 6.90. The molecule has 5 rings (SSSR count). The van der Waals surface area contributed by atoms with E-state index < -0.39 is 11.9 Å². The molecule has 0 fully saturated rings. The fourth-order valence-corrected chi connectivity index (χ4v) is 4.38. The summed E-state index contributed by atoms with van der Waals surface area (Å²) in [6.45, 7) is 0.559. The van der Waals surface area contributed by atoms with E-state index in [-0.39, 0.29) is 18.0 Å². The van der Waals surface area contributed by atoms with Crippen LogP contribution in [0.3, 0.4) is 0 Å². The lowest BCUT2D eigenvalue weighted by Gasteiger charge is -2.27. The number of fused-ring (bicyclic) bond motifs is 2. The fourth-order valence-electron chi connectivity index (χ4n) is 4.38. The summed E-state index contributed by atoms with van der Waals surface area (Å²) in [6, 6.07) is 1.65. The molecule has 1 aliphatic heterocycles. The molecule has 0 radical (unpaired) electrons. The Kier molecular flexibility index (Phi) is 4.36. The number of amides is 1. The smallest absolute Gasteiger partial charge is 0.332 e. The molecule has 1 aliphatic rings. The Labute approximate surface area is 180 Å². The fraction of sp³-hybridized carbons (Fsp3) is 0.350. The lowest BCUT2D eigenvalue weighted by molar-refractivity contribution is -0.143. The van der Waals surface area contributed by atoms with Crippen LogP contribution in [0.2, 0.25) is 0 Å². The van der Waals surface area contributed by atoms with Gasteiger partial charge in [0, 0.05) is 39.4 Å². The van der Waals surface area contributed by atoms with E-state index in [2.05, 4.69) is 20.3 Å². The molecule has 5 heterocycles. The van der Waals surface area contributed by atoms with Crippen molar-refractivity contribution in [1.82, 2.24) is 39.2 Å². The first-order valence-corrected chi connectivity index (χ1v) is 9.87. The number of carbonyl (C=O) groups excluding carboxylic acids is 1. The average molecular weight is 444 g/mol. The average Bonchev–Trinajstić information content (AvgIpc) is 3.40. The molecule has 4 aromatic heterocycles. The molecule has 0 aliphatic carbocycles. The van der Waals surface area contributed by atoms with Crippen LogP contribution in [0.15, 0.2) is 24.7 Å². The van der Waals surface area contributed by atoms with Gasteiger partial charge in [0.25, 0.3) is 5.91 Å². The summed E-state index contributed by atoms with van der Waals surface area (Å²) in [6.07, 6.45) is 0.216. The van der Waals surface area contributed by atoms with Crippen molar-refractivity contribution in [3.8, 4) is 11.3 Å². The molecule has 0 atom stereocenters. The number of hydrogen-bond donors (Lipinski definition) is 0. The molecule has 4 aromatic rings. The molecule has 9 nitrogen and oxygen atoms in total. The van der Waals surface area contributed by atoms with Crippen molar-refractivity contribution in [2.45, 2.75) is 19.1 Å². The minimum absolute atomic E-state index is 0.0118. The number of pyridine rings is 1. The van der Waals surface area contributed by atoms with Gasteiger partial charge >= 0.3 is 6.18 Å². The largest absolute Gasteiger partial charge is 0.433 e. The van der Waals surface area contributed by atoms with Gasteiger partial charge in [-0.25, -0.2) is 4.98 Å². The van der Waals surface area contributed by atoms with Gasteiger partial charge in [0.2, 0.25) is 0 Å². The first kappa shape index (κ1) is 20.2. The molecule has 0 aromatic carbocycles. The summed E-state index contributed by atoms with van der Waals surface area (Å²) >= 11 is 0. The lowest BCUT2D eigenvalue weighted by atomic mass is 9.99. The molecular weight excluding hydrogens is 425 g/mol. The van der Waals surface area contributed by atoms with Gasteiger partial charge in [0.15, 0.2) is 11.3 Å². The molecule has 0 N–H and O–H groups in total. The molecule has 0 saturated carbocycles. The summed E-state index contributed by atoms with van der Waals surface area (Å²) in [5.41, 5.74) is 1.91. The summed E-state index contributed by atoms with van der Waals surface area (Å²) in [4.78, 5) is 19.2. The monoisotopic (exact) mass is 444 g/mol. The van der Waals surface area contributed by atoms with Crippen molar-refractivity contribution in [3.63, 3.8) is 0 Å². The molecule has 12 heteroatoms. The SMILES string of the molecule is Cn1nc2c(c1-c1cnn(C)c1C(F)(F)F)CCN(C(=O)c1ccnc3c1cnn3C)C2. The van der Waals surface area contributed by atoms with Gasteiger partial charge in [-0.05, 0) is 12.5 Å². The van der Waals surface area contributed by atoms with E-state index in [1.54, 1.807) is 42.1 Å². The Balaban J connectivity index is 1.51. The third-order valence-corrected chi connectivity index (χ3v) is 5.82. The van der Waals surface area contributed by atoms with E-state index >= 15 is 0 Å². The highest BCUT2D eigenvalue weighted by Crippen LogP contribution is 2.39. The Morgan fingerprint density at radius 2 is 1.81 bits per heavy atom. The van der Waals surface area contributed by atoms with E-state index in [1.807, 2.05) is 0 Å². The standard InChI is InChI=1S/C20H19F3N8O/c1-28-16(14-9-25-29(2)17(14)20(21,22)23)12-5-7-31(10-15(12)27-28)19(32)11-4-6-24-18-13(11)8-26-30(18)3/h4,6,8-9H,5,7,10H2,1-3H3. The number of aromatic nitrogens is 7. The molecule has 0 bridgehead atoms. The molecule has 0 unspecified atom stereocenters. The predicted molar refractivity (Wildman–Crippen MR) is 107 cm³/mol. The molecule has 0 spiro atoms. The van der Waals surface area contributed by atoms with E-state index in [0.29, 0.717) is 46.5 Å². The first-order valence-electron chi connectivity index (χ1n) is 9.87. The van der Waals surface area contributed by atoms with Crippen molar-refractivity contribution >= 4 is 16.9 Å². The zero-order chi connectivity index (χ0) is 22.8. The maximum atomic E-state index is 13.6. The van der Waals surface area contributed by atoms with E-state index in [0.717, 1.165) is 4.68 Å². The van der Waals surface area contributed by atoms with Gasteiger partial charge in [0.05, 0.1) is 46.8 Å². The summed E-state index contributed by atoms with van der Waals surface area (Å²) < 4.78 is 44.7. The van der Waals surface area contributed by atoms with Crippen molar-refractivity contribution < 1.29 is 18.0 Å². The van der Waals surface area contributed by atoms with Crippen LogP contribution in [0.1, 0.15) is 27.3 Å². The number of alkyl halides is 3. The van der Waals surface area contributed by atoms with E-state index in [1.165, 1.54) is 17.9 Å². The number of rotatable bonds is 2. The molecular formula is C20H19F3N8O. The predicted octanol–water partition coefficient (Wildman–Crippen LogP) is 2.32. The normalized spacial score (nSPS) is 14.2. The third-order valence-electron chi connectivity index (χ3n) is 5.82. The number of carbonyl (C=O) groups is 1. The van der Waals surface area contributed by atoms with Gasteiger partial charge < -0.3 is 4.90 Å². The van der Waals surface area contributed by atoms with Gasteiger partial charge in [-0.2, -0.15) is 28.5 Å². The Morgan fingerprint density at radius 3 is 2.56 bits per heavy atom. The minimum Gasteiger partial charge on any atom is -0.332 e. The Hall–Kier alpha value is -3.70. The summed E-state index contributed by atoms with van der Waals surface area (Å²) in [5.74, 6) is -0.194. The molecule has 166 valence electrons. The molecule has 1 amide bonds. The summed E-state index contributed by atoms with van der Waals surface area (Å²) in [5, 5.41) is 13.1. The molecule has 32 heavy (non-hydrogen) atoms. The van der Waals surface area contributed by atoms with Crippen LogP contribution in [-0.2, 0) is 40.3 Å². The highest BCUT2D eigenvalue weighted by molar-refractivity contribution is 6.05. The van der Waals surface area contributed by atoms with Gasteiger partial charge in [-0.3, -0.25) is 18.8 Å². The third kappa shape index (κ3) is 2.97. The lowest BCUT2D eigenvalue weighted by Crippen LogP contribution is -2.36. The number of aryl methyl sites for hydroxylation is 3. The van der Waals surface area contributed by atoms with Crippen LogP contribution in [0, 0.1) is 0 Å². The second-order valence-corrected chi connectivity index (χ2v) is 7.77. The maximum absolute atomic E-state index is 13.6. The van der Waals surface area contributed by atoms with E-state index in [9.17, 15) is 18.0 Å². The minimum atomic E-state index is -4.55. The van der Waals surface area contributed by atoms with Crippen molar-refractivity contribution in [2.24, 2.45) is 21.1 Å². The van der Waals surface area contributed by atoms with Crippen LogP contribution in [0.4, 0.5) is 13.2 Å². The zero-order valence-electron chi connectivity index (χ0n) is 17.6. The Morgan fingerprint density at radius 1 is 1.06 bits per heavy atom. The van der Waals surface area contributed by atoms with Crippen LogP contribution in [0.25, 0.3) is 22.3 Å². The zero-order valence-corrected chi connectivity index (χ0v) is 17.6. The van der Waals surface area contributed by atoms with Crippen LogP contribution < -0.4 is 0 Å². The highest BCUT2D eigenvalue weighted by Gasteiger charge is 2.40. The number of hydrogen-bond acceptors (Lipinski definition) is 5. The van der Waals surface area contributed by atoms with Crippen LogP contribution >= 0.6 is 0 Å².